The molecule has 2 heterocycles. The molecule has 0 saturated carbocycles. The molecule has 2 aliphatic heterocycles. The summed E-state index contributed by atoms with van der Waals surface area (Å²) in [4.78, 5) is 26.4. The molecule has 2 aromatic rings. The molecular formula is C28H33NO4Si. The van der Waals surface area contributed by atoms with Crippen molar-refractivity contribution >= 4 is 30.6 Å². The molecular weight excluding hydrogens is 442 g/mol. The first-order chi connectivity index (χ1) is 16.3. The third kappa shape index (κ3) is 4.40. The smallest absolute Gasteiger partial charge is 0.331 e. The summed E-state index contributed by atoms with van der Waals surface area (Å²) in [5, 5.41) is 2.21. The van der Waals surface area contributed by atoms with Gasteiger partial charge in [-0.25, -0.2) is 4.79 Å². The van der Waals surface area contributed by atoms with E-state index in [4.69, 9.17) is 9.16 Å². The van der Waals surface area contributed by atoms with Gasteiger partial charge in [0, 0.05) is 12.5 Å². The molecule has 0 aromatic heterocycles. The number of esters is 1. The second-order valence-corrected chi connectivity index (χ2v) is 14.3. The molecule has 1 fully saturated rings. The number of cyclic esters (lactones) is 1. The van der Waals surface area contributed by atoms with Crippen molar-refractivity contribution in [3.8, 4) is 0 Å². The average Bonchev–Trinajstić information content (AvgIpc) is 3.43. The Balaban J connectivity index is 1.69. The first-order valence-electron chi connectivity index (χ1n) is 11.9. The highest BCUT2D eigenvalue weighted by Crippen LogP contribution is 2.37. The number of likely N-dealkylation sites (tertiary alicyclic amines) is 1. The summed E-state index contributed by atoms with van der Waals surface area (Å²) >= 11 is 0. The van der Waals surface area contributed by atoms with Crippen LogP contribution >= 0.6 is 0 Å². The molecule has 2 aromatic carbocycles. The van der Waals surface area contributed by atoms with Crippen molar-refractivity contribution in [2.45, 2.75) is 56.8 Å². The van der Waals surface area contributed by atoms with Gasteiger partial charge in [0.05, 0.1) is 18.7 Å². The molecule has 178 valence electrons. The van der Waals surface area contributed by atoms with Crippen LogP contribution in [0.25, 0.3) is 0 Å². The quantitative estimate of drug-likeness (QED) is 0.333. The van der Waals surface area contributed by atoms with Crippen LogP contribution in [0.15, 0.2) is 85.5 Å². The van der Waals surface area contributed by atoms with Crippen molar-refractivity contribution in [3.63, 3.8) is 0 Å². The Hall–Kier alpha value is -2.96. The van der Waals surface area contributed by atoms with Crippen molar-refractivity contribution in [2.24, 2.45) is 0 Å². The summed E-state index contributed by atoms with van der Waals surface area (Å²) in [5.41, 5.74) is 0. The van der Waals surface area contributed by atoms with E-state index in [0.717, 1.165) is 0 Å². The zero-order valence-electron chi connectivity index (χ0n) is 20.1. The summed E-state index contributed by atoms with van der Waals surface area (Å²) in [5.74, 6) is -0.319. The van der Waals surface area contributed by atoms with Crippen LogP contribution < -0.4 is 10.4 Å². The number of carbonyl (C=O) groups is 2. The minimum Gasteiger partial charge on any atom is -0.453 e. The van der Waals surface area contributed by atoms with E-state index in [1.807, 2.05) is 17.0 Å². The second kappa shape index (κ2) is 9.72. The van der Waals surface area contributed by atoms with Gasteiger partial charge in [-0.15, -0.1) is 6.58 Å². The van der Waals surface area contributed by atoms with E-state index < -0.39 is 14.4 Å². The monoisotopic (exact) mass is 475 g/mol. The van der Waals surface area contributed by atoms with Gasteiger partial charge in [-0.1, -0.05) is 87.5 Å². The molecule has 1 saturated heterocycles. The number of rotatable bonds is 8. The molecule has 0 N–H and O–H groups in total. The van der Waals surface area contributed by atoms with Gasteiger partial charge in [0.15, 0.2) is 0 Å². The maximum Gasteiger partial charge on any atom is 0.331 e. The molecule has 0 unspecified atom stereocenters. The molecule has 6 heteroatoms. The van der Waals surface area contributed by atoms with Crippen molar-refractivity contribution in [1.29, 1.82) is 0 Å². The lowest BCUT2D eigenvalue weighted by molar-refractivity contribution is -0.144. The maximum atomic E-state index is 13.0. The summed E-state index contributed by atoms with van der Waals surface area (Å²) < 4.78 is 12.5. The molecule has 1 amide bonds. The van der Waals surface area contributed by atoms with E-state index in [0.29, 0.717) is 19.4 Å². The van der Waals surface area contributed by atoms with E-state index in [1.165, 1.54) is 16.4 Å². The first-order valence-corrected chi connectivity index (χ1v) is 13.8. The van der Waals surface area contributed by atoms with Gasteiger partial charge in [0.2, 0.25) is 5.91 Å². The summed E-state index contributed by atoms with van der Waals surface area (Å²) in [6.45, 7) is 11.1. The van der Waals surface area contributed by atoms with E-state index in [9.17, 15) is 9.59 Å². The molecule has 0 aliphatic carbocycles. The Labute approximate surface area is 203 Å². The Morgan fingerprint density at radius 3 is 2.15 bits per heavy atom. The van der Waals surface area contributed by atoms with Gasteiger partial charge in [-0.05, 0) is 27.9 Å². The van der Waals surface area contributed by atoms with Crippen LogP contribution in [-0.2, 0) is 18.8 Å². The zero-order chi connectivity index (χ0) is 24.3. The third-order valence-electron chi connectivity index (χ3n) is 6.87. The minimum atomic E-state index is -2.75. The number of hydrogen-bond donors (Lipinski definition) is 0. The summed E-state index contributed by atoms with van der Waals surface area (Å²) in [7, 11) is -2.75. The molecule has 0 radical (unpaired) electrons. The Kier molecular flexibility index (Phi) is 6.91. The summed E-state index contributed by atoms with van der Waals surface area (Å²) in [6.07, 6.45) is 5.62. The fraction of sp³-hybridized carbons (Fsp3) is 0.357. The molecule has 5 nitrogen and oxygen atoms in total. The van der Waals surface area contributed by atoms with Crippen LogP contribution in [0.2, 0.25) is 5.04 Å². The van der Waals surface area contributed by atoms with E-state index in [1.54, 1.807) is 12.2 Å². The van der Waals surface area contributed by atoms with Crippen molar-refractivity contribution in [1.82, 2.24) is 4.90 Å². The zero-order valence-corrected chi connectivity index (χ0v) is 21.1. The van der Waals surface area contributed by atoms with E-state index in [2.05, 4.69) is 75.9 Å². The molecule has 4 rings (SSSR count). The highest BCUT2D eigenvalue weighted by molar-refractivity contribution is 6.99. The van der Waals surface area contributed by atoms with Crippen molar-refractivity contribution in [3.05, 3.63) is 85.5 Å². The lowest BCUT2D eigenvalue weighted by atomic mass is 10.1. The molecule has 2 aliphatic rings. The Bertz CT molecular complexity index is 1020. The molecule has 34 heavy (non-hydrogen) atoms. The lowest BCUT2D eigenvalue weighted by Crippen LogP contribution is -2.67. The van der Waals surface area contributed by atoms with Crippen LogP contribution in [-0.4, -0.2) is 49.9 Å². The van der Waals surface area contributed by atoms with Crippen molar-refractivity contribution in [2.75, 3.05) is 6.61 Å². The van der Waals surface area contributed by atoms with Gasteiger partial charge in [-0.2, -0.15) is 0 Å². The van der Waals surface area contributed by atoms with Crippen molar-refractivity contribution < 1.29 is 18.8 Å². The fourth-order valence-corrected chi connectivity index (χ4v) is 9.88. The van der Waals surface area contributed by atoms with Gasteiger partial charge < -0.3 is 14.1 Å². The highest BCUT2D eigenvalue weighted by Gasteiger charge is 2.51. The largest absolute Gasteiger partial charge is 0.453 e. The molecule has 0 bridgehead atoms. The number of nitrogens with zero attached hydrogens (tertiary/aromatic N) is 1. The number of hydrogen-bond acceptors (Lipinski definition) is 4. The van der Waals surface area contributed by atoms with Crippen LogP contribution in [0, 0.1) is 0 Å². The van der Waals surface area contributed by atoms with Crippen LogP contribution in [0.4, 0.5) is 0 Å². The Morgan fingerprint density at radius 2 is 1.68 bits per heavy atom. The number of carbonyl (C=O) groups excluding carboxylic acids is 2. The van der Waals surface area contributed by atoms with Gasteiger partial charge in [0.25, 0.3) is 8.32 Å². The van der Waals surface area contributed by atoms with Gasteiger partial charge >= 0.3 is 5.97 Å². The first kappa shape index (κ1) is 24.2. The topological polar surface area (TPSA) is 55.8 Å². The second-order valence-electron chi connectivity index (χ2n) is 9.94. The normalized spacial score (nSPS) is 21.6. The highest BCUT2D eigenvalue weighted by atomic mass is 28.4. The maximum absolute atomic E-state index is 13.0. The number of benzene rings is 2. The number of ether oxygens (including phenoxy) is 1. The fourth-order valence-electron chi connectivity index (χ4n) is 5.30. The minimum absolute atomic E-state index is 0.0392. The van der Waals surface area contributed by atoms with Crippen LogP contribution in [0.1, 0.15) is 33.6 Å². The van der Waals surface area contributed by atoms with E-state index in [-0.39, 0.29) is 29.0 Å². The standard InChI is InChI=1S/C28H33NO4Si/c1-5-21(29-24(16-18-26(29)30)25-17-19-27(31)33-25)20-32-34(28(2,3)4,22-12-8-6-9-13-22)23-14-10-7-11-15-23/h5-15,17,19,21,24-25H,1,16,18,20H2,2-4H3/t21-,24-,25-/m1/s1. The molecule has 0 spiro atoms. The van der Waals surface area contributed by atoms with Gasteiger partial charge in [-0.3, -0.25) is 4.79 Å². The SMILES string of the molecule is C=C[C@H](CO[Si](c1ccccc1)(c1ccccc1)C(C)(C)C)N1C(=O)CC[C@@H]1[C@H]1C=CC(=O)O1. The molecule has 3 atom stereocenters. The predicted octanol–water partition coefficient (Wildman–Crippen LogP) is 3.59. The lowest BCUT2D eigenvalue weighted by Gasteiger charge is -2.44. The number of amides is 1. The summed E-state index contributed by atoms with van der Waals surface area (Å²) in [6, 6.07) is 20.3. The third-order valence-corrected chi connectivity index (χ3v) is 11.9. The predicted molar refractivity (Wildman–Crippen MR) is 136 cm³/mol. The van der Waals surface area contributed by atoms with Crippen LogP contribution in [0.5, 0.6) is 0 Å². The average molecular weight is 476 g/mol. The Morgan fingerprint density at radius 1 is 1.09 bits per heavy atom. The van der Waals surface area contributed by atoms with Crippen LogP contribution in [0.3, 0.4) is 0 Å². The van der Waals surface area contributed by atoms with E-state index >= 15 is 0 Å². The van der Waals surface area contributed by atoms with Gasteiger partial charge in [0.1, 0.15) is 6.10 Å².